The summed E-state index contributed by atoms with van der Waals surface area (Å²) in [5.41, 5.74) is 1.31. The van der Waals surface area contributed by atoms with E-state index in [4.69, 9.17) is 0 Å². The van der Waals surface area contributed by atoms with E-state index in [1.54, 1.807) is 18.1 Å². The van der Waals surface area contributed by atoms with Gasteiger partial charge in [0.25, 0.3) is 0 Å². The van der Waals surface area contributed by atoms with Gasteiger partial charge in [0.1, 0.15) is 12.2 Å². The number of benzene rings is 1. The van der Waals surface area contributed by atoms with Crippen molar-refractivity contribution in [1.82, 2.24) is 25.4 Å². The average molecular weight is 455 g/mol. The van der Waals surface area contributed by atoms with Gasteiger partial charge in [0.2, 0.25) is 0 Å². The molecule has 1 fully saturated rings. The summed E-state index contributed by atoms with van der Waals surface area (Å²) in [6.07, 6.45) is 2.76. The van der Waals surface area contributed by atoms with Crippen LogP contribution in [0.5, 0.6) is 0 Å². The number of hydrogen-bond acceptors (Lipinski definition) is 4. The van der Waals surface area contributed by atoms with Crippen molar-refractivity contribution >= 4 is 35.6 Å². The lowest BCUT2D eigenvalue weighted by molar-refractivity contribution is 0.564. The van der Waals surface area contributed by atoms with Crippen LogP contribution in [0.4, 0.5) is 5.69 Å². The van der Waals surface area contributed by atoms with Crippen molar-refractivity contribution in [1.29, 1.82) is 0 Å². The van der Waals surface area contributed by atoms with Crippen LogP contribution in [0.15, 0.2) is 41.7 Å². The van der Waals surface area contributed by atoms with Gasteiger partial charge in [-0.25, -0.2) is 4.98 Å². The van der Waals surface area contributed by atoms with Crippen LogP contribution < -0.4 is 15.5 Å². The summed E-state index contributed by atoms with van der Waals surface area (Å²) in [6, 6.07) is 10.6. The Kier molecular flexibility index (Phi) is 7.48. The van der Waals surface area contributed by atoms with Gasteiger partial charge in [-0.3, -0.25) is 9.67 Å². The lowest BCUT2D eigenvalue weighted by Gasteiger charge is -2.19. The number of halogens is 1. The number of aromatic nitrogens is 3. The Morgan fingerprint density at radius 2 is 2.08 bits per heavy atom. The molecule has 8 heteroatoms. The van der Waals surface area contributed by atoms with Crippen molar-refractivity contribution in [3.63, 3.8) is 0 Å². The zero-order valence-corrected chi connectivity index (χ0v) is 17.1. The van der Waals surface area contributed by atoms with Crippen molar-refractivity contribution in [2.24, 2.45) is 18.0 Å². The standard InChI is InChI=1S/C17H25N7.HI/c1-18-17(20-11-16-21-13-22-23(16)2)19-10-14-8-9-24(12-14)15-6-4-3-5-7-15;/h3-7,13-14H,8-12H2,1-2H3,(H2,18,19,20);1H. The molecule has 2 N–H and O–H groups in total. The molecule has 0 amide bonds. The Morgan fingerprint density at radius 3 is 2.76 bits per heavy atom. The molecule has 0 spiro atoms. The molecule has 25 heavy (non-hydrogen) atoms. The highest BCUT2D eigenvalue weighted by atomic mass is 127. The van der Waals surface area contributed by atoms with Gasteiger partial charge in [-0.2, -0.15) is 5.10 Å². The average Bonchev–Trinajstić information content (AvgIpc) is 3.25. The van der Waals surface area contributed by atoms with Gasteiger partial charge in [-0.15, -0.1) is 24.0 Å². The second-order valence-electron chi connectivity index (χ2n) is 6.04. The predicted molar refractivity (Wildman–Crippen MR) is 111 cm³/mol. The SMILES string of the molecule is CN=C(NCc1ncnn1C)NCC1CCN(c2ccccc2)C1.I. The maximum atomic E-state index is 4.28. The van der Waals surface area contributed by atoms with E-state index in [0.717, 1.165) is 31.4 Å². The minimum Gasteiger partial charge on any atom is -0.371 e. The molecule has 0 radical (unpaired) electrons. The molecule has 7 nitrogen and oxygen atoms in total. The predicted octanol–water partition coefficient (Wildman–Crippen LogP) is 1.62. The molecule has 0 saturated carbocycles. The van der Waals surface area contributed by atoms with Gasteiger partial charge in [0.05, 0.1) is 6.54 Å². The van der Waals surface area contributed by atoms with Crippen LogP contribution in [-0.2, 0) is 13.6 Å². The van der Waals surface area contributed by atoms with Crippen LogP contribution in [0.2, 0.25) is 0 Å². The summed E-state index contributed by atoms with van der Waals surface area (Å²) in [5, 5.41) is 10.8. The third-order valence-corrected chi connectivity index (χ3v) is 4.41. The minimum atomic E-state index is 0. The number of nitrogens with one attached hydrogen (secondary N) is 2. The van der Waals surface area contributed by atoms with E-state index in [1.165, 1.54) is 12.1 Å². The number of aryl methyl sites for hydroxylation is 1. The normalized spacial score (nSPS) is 17.3. The molecule has 2 heterocycles. The first-order chi connectivity index (χ1) is 11.8. The smallest absolute Gasteiger partial charge is 0.191 e. The molecule has 136 valence electrons. The summed E-state index contributed by atoms with van der Waals surface area (Å²) in [4.78, 5) is 10.9. The van der Waals surface area contributed by atoms with Crippen molar-refractivity contribution in [3.8, 4) is 0 Å². The molecule has 0 bridgehead atoms. The van der Waals surface area contributed by atoms with Gasteiger partial charge in [-0.05, 0) is 24.5 Å². The van der Waals surface area contributed by atoms with Gasteiger partial charge < -0.3 is 15.5 Å². The molecule has 1 atom stereocenters. The first-order valence-corrected chi connectivity index (χ1v) is 8.33. The number of nitrogens with zero attached hydrogens (tertiary/aromatic N) is 5. The Balaban J connectivity index is 0.00000225. The van der Waals surface area contributed by atoms with E-state index in [9.17, 15) is 0 Å². The van der Waals surface area contributed by atoms with Crippen LogP contribution in [-0.4, -0.2) is 47.4 Å². The van der Waals surface area contributed by atoms with Crippen LogP contribution >= 0.6 is 24.0 Å². The van der Waals surface area contributed by atoms with Crippen molar-refractivity contribution in [3.05, 3.63) is 42.5 Å². The highest BCUT2D eigenvalue weighted by Gasteiger charge is 2.22. The fraction of sp³-hybridized carbons (Fsp3) is 0.471. The van der Waals surface area contributed by atoms with Gasteiger partial charge in [0.15, 0.2) is 5.96 Å². The van der Waals surface area contributed by atoms with Crippen LogP contribution in [0, 0.1) is 5.92 Å². The zero-order valence-electron chi connectivity index (χ0n) is 14.7. The summed E-state index contributed by atoms with van der Waals surface area (Å²) >= 11 is 0. The van der Waals surface area contributed by atoms with Gasteiger partial charge >= 0.3 is 0 Å². The third kappa shape index (κ3) is 5.32. The molecule has 1 aliphatic rings. The Labute approximate surface area is 165 Å². The first kappa shape index (κ1) is 19.5. The summed E-state index contributed by atoms with van der Waals surface area (Å²) < 4.78 is 1.76. The minimum absolute atomic E-state index is 0. The molecular formula is C17H26IN7. The van der Waals surface area contributed by atoms with Crippen molar-refractivity contribution in [2.45, 2.75) is 13.0 Å². The quantitative estimate of drug-likeness (QED) is 0.408. The molecule has 2 aromatic rings. The lowest BCUT2D eigenvalue weighted by Crippen LogP contribution is -2.40. The molecule has 1 aromatic heterocycles. The third-order valence-electron chi connectivity index (χ3n) is 4.41. The molecular weight excluding hydrogens is 429 g/mol. The molecule has 3 rings (SSSR count). The molecule has 1 aromatic carbocycles. The van der Waals surface area contributed by atoms with E-state index in [0.29, 0.717) is 12.5 Å². The number of rotatable bonds is 5. The number of guanidine groups is 1. The molecule has 0 aliphatic carbocycles. The maximum absolute atomic E-state index is 4.28. The Hall–Kier alpha value is -1.84. The van der Waals surface area contributed by atoms with Crippen molar-refractivity contribution < 1.29 is 0 Å². The number of hydrogen-bond donors (Lipinski definition) is 2. The molecule has 1 aliphatic heterocycles. The number of aliphatic imine (C=N–C) groups is 1. The molecule has 1 saturated heterocycles. The molecule has 1 unspecified atom stereocenters. The van der Waals surface area contributed by atoms with E-state index < -0.39 is 0 Å². The monoisotopic (exact) mass is 455 g/mol. The summed E-state index contributed by atoms with van der Waals surface area (Å²) in [6.45, 7) is 3.72. The Bertz CT molecular complexity index is 671. The lowest BCUT2D eigenvalue weighted by atomic mass is 10.1. The van der Waals surface area contributed by atoms with E-state index in [2.05, 4.69) is 60.9 Å². The highest BCUT2D eigenvalue weighted by Crippen LogP contribution is 2.22. The summed E-state index contributed by atoms with van der Waals surface area (Å²) in [5.74, 6) is 2.31. The fourth-order valence-corrected chi connectivity index (χ4v) is 2.98. The second kappa shape index (κ2) is 9.59. The number of anilines is 1. The second-order valence-corrected chi connectivity index (χ2v) is 6.04. The van der Waals surface area contributed by atoms with E-state index in [-0.39, 0.29) is 24.0 Å². The highest BCUT2D eigenvalue weighted by molar-refractivity contribution is 14.0. The van der Waals surface area contributed by atoms with E-state index in [1.807, 2.05) is 7.05 Å². The van der Waals surface area contributed by atoms with Crippen LogP contribution in [0.3, 0.4) is 0 Å². The maximum Gasteiger partial charge on any atom is 0.191 e. The zero-order chi connectivity index (χ0) is 16.8. The van der Waals surface area contributed by atoms with E-state index >= 15 is 0 Å². The van der Waals surface area contributed by atoms with Crippen LogP contribution in [0.1, 0.15) is 12.2 Å². The summed E-state index contributed by atoms with van der Waals surface area (Å²) in [7, 11) is 3.67. The fourth-order valence-electron chi connectivity index (χ4n) is 2.98. The number of para-hydroxylation sites is 1. The van der Waals surface area contributed by atoms with Gasteiger partial charge in [-0.1, -0.05) is 18.2 Å². The van der Waals surface area contributed by atoms with Gasteiger partial charge in [0, 0.05) is 39.4 Å². The van der Waals surface area contributed by atoms with Crippen LogP contribution in [0.25, 0.3) is 0 Å². The largest absolute Gasteiger partial charge is 0.371 e. The van der Waals surface area contributed by atoms with Crippen molar-refractivity contribution in [2.75, 3.05) is 31.6 Å². The Morgan fingerprint density at radius 1 is 1.28 bits per heavy atom. The first-order valence-electron chi connectivity index (χ1n) is 8.33. The topological polar surface area (TPSA) is 70.4 Å².